The maximum Gasteiger partial charge on any atom is 0.0804 e. The van der Waals surface area contributed by atoms with Gasteiger partial charge in [0, 0.05) is 26.0 Å². The molecule has 15 heavy (non-hydrogen) atoms. The van der Waals surface area contributed by atoms with E-state index in [9.17, 15) is 5.11 Å². The second-order valence-corrected chi connectivity index (χ2v) is 3.99. The van der Waals surface area contributed by atoms with Gasteiger partial charge in [-0.1, -0.05) is 13.3 Å². The maximum absolute atomic E-state index is 9.78. The molecule has 0 fully saturated rings. The van der Waals surface area contributed by atoms with Crippen LogP contribution in [0, 0.1) is 0 Å². The molecule has 2 unspecified atom stereocenters. The van der Waals surface area contributed by atoms with Crippen molar-refractivity contribution in [3.63, 3.8) is 0 Å². The third kappa shape index (κ3) is 3.68. The predicted octanol–water partition coefficient (Wildman–Crippen LogP) is 2.36. The third-order valence-electron chi connectivity index (χ3n) is 2.59. The van der Waals surface area contributed by atoms with Crippen LogP contribution in [0.15, 0.2) is 18.5 Å². The van der Waals surface area contributed by atoms with Crippen molar-refractivity contribution in [3.8, 4) is 0 Å². The molecule has 0 aliphatic rings. The van der Waals surface area contributed by atoms with Crippen molar-refractivity contribution in [1.29, 1.82) is 0 Å². The van der Waals surface area contributed by atoms with Crippen molar-refractivity contribution in [1.82, 2.24) is 4.57 Å². The van der Waals surface area contributed by atoms with Crippen molar-refractivity contribution in [3.05, 3.63) is 24.0 Å². The van der Waals surface area contributed by atoms with E-state index in [0.717, 1.165) is 24.9 Å². The van der Waals surface area contributed by atoms with Gasteiger partial charge in [-0.2, -0.15) is 0 Å². The van der Waals surface area contributed by atoms with Gasteiger partial charge in [0.05, 0.1) is 12.2 Å². The zero-order chi connectivity index (χ0) is 11.3. The number of methoxy groups -OCH3 is 1. The summed E-state index contributed by atoms with van der Waals surface area (Å²) in [7, 11) is 1.71. The highest BCUT2D eigenvalue weighted by Gasteiger charge is 2.08. The average Bonchev–Trinajstić information content (AvgIpc) is 2.66. The molecule has 1 heterocycles. The molecule has 0 radical (unpaired) electrons. The van der Waals surface area contributed by atoms with E-state index in [1.54, 1.807) is 7.11 Å². The first kappa shape index (κ1) is 12.3. The van der Waals surface area contributed by atoms with Crippen LogP contribution in [0.1, 0.15) is 38.4 Å². The van der Waals surface area contributed by atoms with Crippen LogP contribution in [0.3, 0.4) is 0 Å². The van der Waals surface area contributed by atoms with Crippen LogP contribution < -0.4 is 0 Å². The average molecular weight is 211 g/mol. The van der Waals surface area contributed by atoms with E-state index >= 15 is 0 Å². The van der Waals surface area contributed by atoms with Crippen LogP contribution in [0.4, 0.5) is 0 Å². The normalized spacial score (nSPS) is 15.2. The third-order valence-corrected chi connectivity index (χ3v) is 2.59. The summed E-state index contributed by atoms with van der Waals surface area (Å²) in [6.07, 6.45) is 5.69. The lowest BCUT2D eigenvalue weighted by atomic mass is 10.1. The van der Waals surface area contributed by atoms with Crippen molar-refractivity contribution in [2.45, 2.75) is 45.4 Å². The summed E-state index contributed by atoms with van der Waals surface area (Å²) < 4.78 is 7.25. The highest BCUT2D eigenvalue weighted by Crippen LogP contribution is 2.18. The minimum Gasteiger partial charge on any atom is -0.388 e. The highest BCUT2D eigenvalue weighted by molar-refractivity contribution is 5.13. The molecule has 1 aromatic heterocycles. The molecule has 3 nitrogen and oxygen atoms in total. The number of rotatable bonds is 6. The van der Waals surface area contributed by atoms with Crippen LogP contribution >= 0.6 is 0 Å². The standard InChI is InChI=1S/C12H21NO2/c1-4-5-12(14)11-6-7-13(9-11)8-10(2)15-3/h6-7,9-10,12,14H,4-5,8H2,1-3H3. The first-order valence-electron chi connectivity index (χ1n) is 5.54. The Balaban J connectivity index is 2.55. The van der Waals surface area contributed by atoms with Crippen molar-refractivity contribution >= 4 is 0 Å². The van der Waals surface area contributed by atoms with Gasteiger partial charge < -0.3 is 14.4 Å². The van der Waals surface area contributed by atoms with Crippen LogP contribution in [0.2, 0.25) is 0 Å². The molecule has 3 heteroatoms. The molecule has 0 saturated carbocycles. The molecular weight excluding hydrogens is 190 g/mol. The van der Waals surface area contributed by atoms with Crippen LogP contribution in [0.5, 0.6) is 0 Å². The molecule has 2 atom stereocenters. The molecule has 1 aromatic rings. The van der Waals surface area contributed by atoms with Gasteiger partial charge in [-0.25, -0.2) is 0 Å². The quantitative estimate of drug-likeness (QED) is 0.783. The van der Waals surface area contributed by atoms with Gasteiger partial charge in [-0.3, -0.25) is 0 Å². The van der Waals surface area contributed by atoms with Crippen molar-refractivity contribution in [2.24, 2.45) is 0 Å². The Morgan fingerprint density at radius 2 is 2.27 bits per heavy atom. The molecule has 1 rings (SSSR count). The van der Waals surface area contributed by atoms with E-state index in [4.69, 9.17) is 4.74 Å². The SMILES string of the molecule is CCCC(O)c1ccn(CC(C)OC)c1. The minimum atomic E-state index is -0.325. The molecule has 0 spiro atoms. The molecule has 1 N–H and O–H groups in total. The Hall–Kier alpha value is -0.800. The topological polar surface area (TPSA) is 34.4 Å². The van der Waals surface area contributed by atoms with Gasteiger partial charge in [0.2, 0.25) is 0 Å². The van der Waals surface area contributed by atoms with Gasteiger partial charge in [0.25, 0.3) is 0 Å². The number of aromatic nitrogens is 1. The van der Waals surface area contributed by atoms with Gasteiger partial charge >= 0.3 is 0 Å². The van der Waals surface area contributed by atoms with E-state index in [0.29, 0.717) is 0 Å². The number of aliphatic hydroxyl groups excluding tert-OH is 1. The monoisotopic (exact) mass is 211 g/mol. The molecule has 0 bridgehead atoms. The van der Waals surface area contributed by atoms with E-state index in [2.05, 4.69) is 11.5 Å². The van der Waals surface area contributed by atoms with Gasteiger partial charge in [0.15, 0.2) is 0 Å². The van der Waals surface area contributed by atoms with E-state index in [-0.39, 0.29) is 12.2 Å². The van der Waals surface area contributed by atoms with Crippen LogP contribution in [-0.2, 0) is 11.3 Å². The fraction of sp³-hybridized carbons (Fsp3) is 0.667. The van der Waals surface area contributed by atoms with Gasteiger partial charge in [0.1, 0.15) is 0 Å². The number of hydrogen-bond acceptors (Lipinski definition) is 2. The highest BCUT2D eigenvalue weighted by atomic mass is 16.5. The molecule has 0 aromatic carbocycles. The van der Waals surface area contributed by atoms with Gasteiger partial charge in [-0.05, 0) is 25.0 Å². The summed E-state index contributed by atoms with van der Waals surface area (Å²) in [5.41, 5.74) is 1.00. The largest absolute Gasteiger partial charge is 0.388 e. The zero-order valence-corrected chi connectivity index (χ0v) is 9.81. The van der Waals surface area contributed by atoms with E-state index in [1.165, 1.54) is 0 Å². The second-order valence-electron chi connectivity index (χ2n) is 3.99. The predicted molar refractivity (Wildman–Crippen MR) is 60.8 cm³/mol. The summed E-state index contributed by atoms with van der Waals surface area (Å²) in [5.74, 6) is 0. The first-order valence-corrected chi connectivity index (χ1v) is 5.54. The molecule has 0 aliphatic carbocycles. The lowest BCUT2D eigenvalue weighted by Crippen LogP contribution is -2.13. The lowest BCUT2D eigenvalue weighted by Gasteiger charge is -2.10. The Morgan fingerprint density at radius 3 is 2.87 bits per heavy atom. The Bertz CT molecular complexity index is 283. The van der Waals surface area contributed by atoms with E-state index < -0.39 is 0 Å². The summed E-state index contributed by atoms with van der Waals surface area (Å²) >= 11 is 0. The smallest absolute Gasteiger partial charge is 0.0804 e. The summed E-state index contributed by atoms with van der Waals surface area (Å²) in [6.45, 7) is 4.94. The molecule has 86 valence electrons. The number of aliphatic hydroxyl groups is 1. The minimum absolute atomic E-state index is 0.202. The van der Waals surface area contributed by atoms with Crippen molar-refractivity contribution in [2.75, 3.05) is 7.11 Å². The zero-order valence-electron chi connectivity index (χ0n) is 9.81. The van der Waals surface area contributed by atoms with Crippen molar-refractivity contribution < 1.29 is 9.84 Å². The lowest BCUT2D eigenvalue weighted by molar-refractivity contribution is 0.103. The fourth-order valence-electron chi connectivity index (χ4n) is 1.58. The Morgan fingerprint density at radius 1 is 1.53 bits per heavy atom. The fourth-order valence-corrected chi connectivity index (χ4v) is 1.58. The number of nitrogens with zero attached hydrogens (tertiary/aromatic N) is 1. The number of hydrogen-bond donors (Lipinski definition) is 1. The molecule has 0 saturated heterocycles. The van der Waals surface area contributed by atoms with Crippen LogP contribution in [-0.4, -0.2) is 22.9 Å². The Kier molecular flexibility index (Phi) is 4.85. The summed E-state index contributed by atoms with van der Waals surface area (Å²) in [5, 5.41) is 9.78. The molecular formula is C12H21NO2. The summed E-state index contributed by atoms with van der Waals surface area (Å²) in [4.78, 5) is 0. The van der Waals surface area contributed by atoms with Gasteiger partial charge in [-0.15, -0.1) is 0 Å². The molecule has 0 aliphatic heterocycles. The number of ether oxygens (including phenoxy) is 1. The van der Waals surface area contributed by atoms with E-state index in [1.807, 2.05) is 25.4 Å². The Labute approximate surface area is 91.7 Å². The van der Waals surface area contributed by atoms with Crippen LogP contribution in [0.25, 0.3) is 0 Å². The first-order chi connectivity index (χ1) is 7.17. The second kappa shape index (κ2) is 5.93. The summed E-state index contributed by atoms with van der Waals surface area (Å²) in [6, 6.07) is 1.97. The molecule has 0 amide bonds. The maximum atomic E-state index is 9.78.